The molecule has 0 N–H and O–H groups in total. The van der Waals surface area contributed by atoms with E-state index in [4.69, 9.17) is 11.6 Å². The highest BCUT2D eigenvalue weighted by Crippen LogP contribution is 2.41. The van der Waals surface area contributed by atoms with Gasteiger partial charge in [0.25, 0.3) is 0 Å². The summed E-state index contributed by atoms with van der Waals surface area (Å²) in [5, 5.41) is 2.84. The van der Waals surface area contributed by atoms with Gasteiger partial charge in [-0.2, -0.15) is 0 Å². The van der Waals surface area contributed by atoms with Crippen molar-refractivity contribution in [3.8, 4) is 21.8 Å². The smallest absolute Gasteiger partial charge is 0.231 e. The van der Waals surface area contributed by atoms with Gasteiger partial charge in [-0.25, -0.2) is 9.37 Å². The molecule has 3 nitrogen and oxygen atoms in total. The third kappa shape index (κ3) is 2.38. The standard InChI is InChI=1S/C20H14ClFN2OS/c21-14-4-1-5-15(22)18(14)20-23-16(10-26-20)12-7-11-3-2-6-24-17(25)9-13(8-12)19(11)24/h1,4-5,7-8,10H,2-3,6,9H2. The Kier molecular flexibility index (Phi) is 3.62. The zero-order valence-corrected chi connectivity index (χ0v) is 15.3. The van der Waals surface area contributed by atoms with E-state index in [1.165, 1.54) is 23.0 Å². The lowest BCUT2D eigenvalue weighted by atomic mass is 9.96. The molecule has 0 bridgehead atoms. The Bertz CT molecular complexity index is 1040. The van der Waals surface area contributed by atoms with Crippen LogP contribution >= 0.6 is 22.9 Å². The van der Waals surface area contributed by atoms with Crippen LogP contribution in [0.4, 0.5) is 10.1 Å². The van der Waals surface area contributed by atoms with Crippen molar-refractivity contribution < 1.29 is 9.18 Å². The van der Waals surface area contributed by atoms with E-state index in [1.54, 1.807) is 12.1 Å². The second kappa shape index (κ2) is 5.89. The highest BCUT2D eigenvalue weighted by atomic mass is 35.5. The Morgan fingerprint density at radius 1 is 1.23 bits per heavy atom. The summed E-state index contributed by atoms with van der Waals surface area (Å²) in [6.45, 7) is 0.810. The van der Waals surface area contributed by atoms with Crippen molar-refractivity contribution in [1.82, 2.24) is 4.98 Å². The molecular weight excluding hydrogens is 371 g/mol. The van der Waals surface area contributed by atoms with Gasteiger partial charge in [-0.15, -0.1) is 11.3 Å². The molecule has 6 heteroatoms. The number of aryl methyl sites for hydroxylation is 1. The lowest BCUT2D eigenvalue weighted by Gasteiger charge is -2.25. The SMILES string of the molecule is O=C1Cc2cc(-c3csc(-c4c(F)cccc4Cl)n3)cc3c2N1CCC3. The van der Waals surface area contributed by atoms with Crippen LogP contribution in [0.3, 0.4) is 0 Å². The minimum atomic E-state index is -0.372. The number of nitrogens with zero attached hydrogens (tertiary/aromatic N) is 2. The fraction of sp³-hybridized carbons (Fsp3) is 0.200. The van der Waals surface area contributed by atoms with Gasteiger partial charge in [0.15, 0.2) is 0 Å². The van der Waals surface area contributed by atoms with E-state index in [0.29, 0.717) is 22.0 Å². The monoisotopic (exact) mass is 384 g/mol. The van der Waals surface area contributed by atoms with Gasteiger partial charge in [0.2, 0.25) is 5.91 Å². The van der Waals surface area contributed by atoms with Crippen LogP contribution in [0.2, 0.25) is 5.02 Å². The highest BCUT2D eigenvalue weighted by Gasteiger charge is 2.32. The van der Waals surface area contributed by atoms with Crippen molar-refractivity contribution in [1.29, 1.82) is 0 Å². The number of rotatable bonds is 2. The van der Waals surface area contributed by atoms with E-state index in [-0.39, 0.29) is 11.7 Å². The maximum atomic E-state index is 14.2. The summed E-state index contributed by atoms with van der Waals surface area (Å²) in [7, 11) is 0. The first kappa shape index (κ1) is 16.0. The molecule has 0 saturated heterocycles. The molecule has 2 aliphatic heterocycles. The van der Waals surface area contributed by atoms with Crippen molar-refractivity contribution in [3.05, 3.63) is 57.7 Å². The summed E-state index contributed by atoms with van der Waals surface area (Å²) in [6.07, 6.45) is 2.40. The van der Waals surface area contributed by atoms with Crippen molar-refractivity contribution >= 4 is 34.5 Å². The summed E-state index contributed by atoms with van der Waals surface area (Å²) in [5.41, 5.74) is 5.48. The lowest BCUT2D eigenvalue weighted by Crippen LogP contribution is -2.31. The number of hydrogen-bond acceptors (Lipinski definition) is 3. The molecule has 2 aromatic carbocycles. The topological polar surface area (TPSA) is 33.2 Å². The number of carbonyl (C=O) groups is 1. The summed E-state index contributed by atoms with van der Waals surface area (Å²) < 4.78 is 14.2. The predicted octanol–water partition coefficient (Wildman–Crippen LogP) is 5.10. The van der Waals surface area contributed by atoms with Crippen molar-refractivity contribution in [2.75, 3.05) is 11.4 Å². The van der Waals surface area contributed by atoms with Gasteiger partial charge in [-0.1, -0.05) is 17.7 Å². The van der Waals surface area contributed by atoms with Gasteiger partial charge < -0.3 is 4.90 Å². The number of hydrogen-bond donors (Lipinski definition) is 0. The molecule has 0 aliphatic carbocycles. The number of carbonyl (C=O) groups excluding carboxylic acids is 1. The van der Waals surface area contributed by atoms with Crippen LogP contribution < -0.4 is 4.90 Å². The van der Waals surface area contributed by atoms with E-state index in [0.717, 1.165) is 41.9 Å². The average molecular weight is 385 g/mol. The van der Waals surface area contributed by atoms with Crippen LogP contribution in [0.5, 0.6) is 0 Å². The molecular formula is C20H14ClFN2OS. The highest BCUT2D eigenvalue weighted by molar-refractivity contribution is 7.13. The Balaban J connectivity index is 1.60. The maximum Gasteiger partial charge on any atom is 0.231 e. The molecule has 0 radical (unpaired) electrons. The Morgan fingerprint density at radius 3 is 2.92 bits per heavy atom. The molecule has 0 unspecified atom stereocenters. The van der Waals surface area contributed by atoms with Crippen LogP contribution in [-0.2, 0) is 17.6 Å². The molecule has 1 aromatic heterocycles. The summed E-state index contributed by atoms with van der Waals surface area (Å²) in [4.78, 5) is 18.7. The molecule has 0 saturated carbocycles. The van der Waals surface area contributed by atoms with Gasteiger partial charge in [0, 0.05) is 17.5 Å². The van der Waals surface area contributed by atoms with E-state index < -0.39 is 0 Å². The Morgan fingerprint density at radius 2 is 2.08 bits per heavy atom. The molecule has 26 heavy (non-hydrogen) atoms. The molecule has 130 valence electrons. The van der Waals surface area contributed by atoms with Crippen LogP contribution in [0.15, 0.2) is 35.7 Å². The van der Waals surface area contributed by atoms with Gasteiger partial charge in [0.05, 0.1) is 28.4 Å². The first-order valence-electron chi connectivity index (χ1n) is 8.48. The van der Waals surface area contributed by atoms with Crippen molar-refractivity contribution in [2.45, 2.75) is 19.3 Å². The van der Waals surface area contributed by atoms with Gasteiger partial charge >= 0.3 is 0 Å². The first-order chi connectivity index (χ1) is 12.6. The van der Waals surface area contributed by atoms with E-state index >= 15 is 0 Å². The van der Waals surface area contributed by atoms with Crippen molar-refractivity contribution in [3.63, 3.8) is 0 Å². The molecule has 3 heterocycles. The quantitative estimate of drug-likeness (QED) is 0.615. The zero-order valence-electron chi connectivity index (χ0n) is 13.8. The number of benzene rings is 2. The minimum Gasteiger partial charge on any atom is -0.312 e. The van der Waals surface area contributed by atoms with Crippen LogP contribution in [0.25, 0.3) is 21.8 Å². The largest absolute Gasteiger partial charge is 0.312 e. The van der Waals surface area contributed by atoms with Crippen molar-refractivity contribution in [2.24, 2.45) is 0 Å². The van der Waals surface area contributed by atoms with E-state index in [2.05, 4.69) is 11.1 Å². The van der Waals surface area contributed by atoms with E-state index in [1.807, 2.05) is 16.3 Å². The maximum absolute atomic E-state index is 14.2. The number of amides is 1. The number of anilines is 1. The van der Waals surface area contributed by atoms with Gasteiger partial charge in [0.1, 0.15) is 10.8 Å². The number of halogens is 2. The summed E-state index contributed by atoms with van der Waals surface area (Å²) in [5.74, 6) is -0.195. The second-order valence-electron chi connectivity index (χ2n) is 6.60. The van der Waals surface area contributed by atoms with E-state index in [9.17, 15) is 9.18 Å². The Labute approximate surface area is 159 Å². The summed E-state index contributed by atoms with van der Waals surface area (Å²) >= 11 is 7.54. The molecule has 3 aromatic rings. The third-order valence-corrected chi connectivity index (χ3v) is 6.16. The van der Waals surface area contributed by atoms with Gasteiger partial charge in [-0.3, -0.25) is 4.79 Å². The Hall–Kier alpha value is -2.24. The normalized spacial score (nSPS) is 15.5. The zero-order chi connectivity index (χ0) is 17.8. The van der Waals surface area contributed by atoms with Crippen LogP contribution in [-0.4, -0.2) is 17.4 Å². The molecule has 1 amide bonds. The summed E-state index contributed by atoms with van der Waals surface area (Å²) in [6, 6.07) is 8.81. The average Bonchev–Trinajstić information content (AvgIpc) is 3.22. The second-order valence-corrected chi connectivity index (χ2v) is 7.87. The molecule has 5 rings (SSSR count). The minimum absolute atomic E-state index is 0.176. The van der Waals surface area contributed by atoms with Crippen LogP contribution in [0.1, 0.15) is 17.5 Å². The molecule has 0 spiro atoms. The lowest BCUT2D eigenvalue weighted by molar-refractivity contribution is -0.117. The number of aromatic nitrogens is 1. The van der Waals surface area contributed by atoms with Crippen LogP contribution in [0, 0.1) is 5.82 Å². The predicted molar refractivity (Wildman–Crippen MR) is 102 cm³/mol. The first-order valence-corrected chi connectivity index (χ1v) is 9.74. The van der Waals surface area contributed by atoms with Gasteiger partial charge in [-0.05, 0) is 48.2 Å². The fourth-order valence-electron chi connectivity index (χ4n) is 3.85. The molecule has 2 aliphatic rings. The fourth-order valence-corrected chi connectivity index (χ4v) is 5.05. The number of thiazole rings is 1. The molecule has 0 atom stereocenters. The molecule has 0 fully saturated rings. The third-order valence-electron chi connectivity index (χ3n) is 4.98.